The van der Waals surface area contributed by atoms with Crippen LogP contribution in [0.3, 0.4) is 0 Å². The third-order valence-corrected chi connectivity index (χ3v) is 4.91. The quantitative estimate of drug-likeness (QED) is 0.828. The zero-order valence-corrected chi connectivity index (χ0v) is 11.2. The molecule has 3 rings (SSSR count). The van der Waals surface area contributed by atoms with E-state index in [4.69, 9.17) is 0 Å². The first-order chi connectivity index (χ1) is 9.27. The van der Waals surface area contributed by atoms with Crippen molar-refractivity contribution in [1.29, 1.82) is 0 Å². The summed E-state index contributed by atoms with van der Waals surface area (Å²) in [6.07, 6.45) is 9.32. The average Bonchev–Trinajstić information content (AvgIpc) is 2.67. The van der Waals surface area contributed by atoms with Gasteiger partial charge in [0.1, 0.15) is 0 Å². The number of hydrogen-bond donors (Lipinski definition) is 1. The summed E-state index contributed by atoms with van der Waals surface area (Å²) < 4.78 is 0. The normalized spacial score (nSPS) is 30.6. The van der Waals surface area contributed by atoms with Gasteiger partial charge in [-0.3, -0.25) is 9.78 Å². The molecule has 102 valence electrons. The maximum atomic E-state index is 11.6. The van der Waals surface area contributed by atoms with Crippen LogP contribution in [0.2, 0.25) is 0 Å². The molecule has 0 bridgehead atoms. The second kappa shape index (κ2) is 5.32. The molecule has 0 radical (unpaired) electrons. The Kier molecular flexibility index (Phi) is 3.54. The molecule has 1 aromatic rings. The zero-order chi connectivity index (χ0) is 13.2. The lowest BCUT2D eigenvalue weighted by molar-refractivity contribution is -0.144. The Bertz CT molecular complexity index is 472. The monoisotopic (exact) mass is 259 g/mol. The highest BCUT2D eigenvalue weighted by Gasteiger charge is 2.39. The molecule has 0 spiro atoms. The standard InChI is InChI=1S/C16H21NO2/c18-16(19)14-7-3-1-2-6-12(14)13-9-8-11-5-4-10-17-15(11)13/h4-5,10,12-14H,1-3,6-9H2,(H,18,19). The molecule has 1 aromatic heterocycles. The van der Waals surface area contributed by atoms with Gasteiger partial charge in [-0.25, -0.2) is 0 Å². The summed E-state index contributed by atoms with van der Waals surface area (Å²) >= 11 is 0. The molecule has 3 atom stereocenters. The Morgan fingerprint density at radius 2 is 2.05 bits per heavy atom. The fourth-order valence-corrected chi connectivity index (χ4v) is 3.99. The van der Waals surface area contributed by atoms with E-state index in [1.165, 1.54) is 24.1 Å². The van der Waals surface area contributed by atoms with Gasteiger partial charge in [-0.2, -0.15) is 0 Å². The summed E-state index contributed by atoms with van der Waals surface area (Å²) in [5.74, 6) is -0.108. The van der Waals surface area contributed by atoms with Crippen molar-refractivity contribution in [2.75, 3.05) is 0 Å². The van der Waals surface area contributed by atoms with Gasteiger partial charge in [-0.15, -0.1) is 0 Å². The van der Waals surface area contributed by atoms with Crippen LogP contribution in [0.15, 0.2) is 18.3 Å². The lowest BCUT2D eigenvalue weighted by atomic mass is 9.77. The van der Waals surface area contributed by atoms with Crippen LogP contribution < -0.4 is 0 Å². The molecule has 1 N–H and O–H groups in total. The molecule has 2 aliphatic rings. The topological polar surface area (TPSA) is 50.2 Å². The van der Waals surface area contributed by atoms with Crippen LogP contribution in [-0.2, 0) is 11.2 Å². The van der Waals surface area contributed by atoms with E-state index in [1.807, 2.05) is 12.3 Å². The summed E-state index contributed by atoms with van der Waals surface area (Å²) in [6, 6.07) is 4.14. The maximum Gasteiger partial charge on any atom is 0.306 e. The zero-order valence-electron chi connectivity index (χ0n) is 11.2. The molecule has 0 saturated heterocycles. The Morgan fingerprint density at radius 1 is 1.21 bits per heavy atom. The number of aryl methyl sites for hydroxylation is 1. The first-order valence-electron chi connectivity index (χ1n) is 7.44. The molecular formula is C16H21NO2. The number of carboxylic acids is 1. The van der Waals surface area contributed by atoms with Gasteiger partial charge in [0, 0.05) is 17.8 Å². The summed E-state index contributed by atoms with van der Waals surface area (Å²) in [4.78, 5) is 16.1. The van der Waals surface area contributed by atoms with Crippen LogP contribution in [-0.4, -0.2) is 16.1 Å². The van der Waals surface area contributed by atoms with Crippen molar-refractivity contribution in [2.24, 2.45) is 11.8 Å². The van der Waals surface area contributed by atoms with E-state index in [0.29, 0.717) is 5.92 Å². The van der Waals surface area contributed by atoms with Gasteiger partial charge in [0.2, 0.25) is 0 Å². The van der Waals surface area contributed by atoms with E-state index in [9.17, 15) is 9.90 Å². The highest BCUT2D eigenvalue weighted by atomic mass is 16.4. The highest BCUT2D eigenvalue weighted by Crippen LogP contribution is 2.45. The first-order valence-corrected chi connectivity index (χ1v) is 7.44. The van der Waals surface area contributed by atoms with Crippen molar-refractivity contribution in [1.82, 2.24) is 4.98 Å². The summed E-state index contributed by atoms with van der Waals surface area (Å²) in [6.45, 7) is 0. The molecular weight excluding hydrogens is 238 g/mol. The number of carbonyl (C=O) groups is 1. The van der Waals surface area contributed by atoms with Gasteiger partial charge >= 0.3 is 5.97 Å². The van der Waals surface area contributed by atoms with Crippen LogP contribution in [0.5, 0.6) is 0 Å². The fraction of sp³-hybridized carbons (Fsp3) is 0.625. The van der Waals surface area contributed by atoms with Crippen LogP contribution in [0.1, 0.15) is 55.7 Å². The van der Waals surface area contributed by atoms with Gasteiger partial charge in [0.15, 0.2) is 0 Å². The van der Waals surface area contributed by atoms with Crippen molar-refractivity contribution in [2.45, 2.75) is 50.9 Å². The van der Waals surface area contributed by atoms with E-state index in [1.54, 1.807) is 0 Å². The largest absolute Gasteiger partial charge is 0.481 e. The third kappa shape index (κ3) is 2.38. The fourth-order valence-electron chi connectivity index (χ4n) is 3.99. The number of rotatable bonds is 2. The Balaban J connectivity index is 1.89. The highest BCUT2D eigenvalue weighted by molar-refractivity contribution is 5.70. The molecule has 2 aliphatic carbocycles. The van der Waals surface area contributed by atoms with E-state index < -0.39 is 5.97 Å². The second-order valence-electron chi connectivity index (χ2n) is 5.94. The first kappa shape index (κ1) is 12.6. The molecule has 3 unspecified atom stereocenters. The van der Waals surface area contributed by atoms with E-state index >= 15 is 0 Å². The lowest BCUT2D eigenvalue weighted by Gasteiger charge is -2.27. The predicted octanol–water partition coefficient (Wildman–Crippen LogP) is 3.39. The number of fused-ring (bicyclic) bond motifs is 1. The second-order valence-corrected chi connectivity index (χ2v) is 5.94. The van der Waals surface area contributed by atoms with E-state index in [-0.39, 0.29) is 11.8 Å². The third-order valence-electron chi connectivity index (χ3n) is 4.91. The molecule has 1 saturated carbocycles. The van der Waals surface area contributed by atoms with E-state index in [0.717, 1.165) is 32.1 Å². The molecule has 3 nitrogen and oxygen atoms in total. The van der Waals surface area contributed by atoms with Crippen molar-refractivity contribution in [3.63, 3.8) is 0 Å². The Hall–Kier alpha value is -1.38. The Labute approximate surface area is 114 Å². The number of nitrogens with zero attached hydrogens (tertiary/aromatic N) is 1. The van der Waals surface area contributed by atoms with E-state index in [2.05, 4.69) is 11.1 Å². The minimum absolute atomic E-state index is 0.166. The number of aromatic nitrogens is 1. The van der Waals surface area contributed by atoms with Gasteiger partial charge in [0.25, 0.3) is 0 Å². The molecule has 3 heteroatoms. The van der Waals surface area contributed by atoms with Gasteiger partial charge < -0.3 is 5.11 Å². The minimum Gasteiger partial charge on any atom is -0.481 e. The average molecular weight is 259 g/mol. The summed E-state index contributed by atoms with van der Waals surface area (Å²) in [7, 11) is 0. The maximum absolute atomic E-state index is 11.6. The molecule has 0 aromatic carbocycles. The summed E-state index contributed by atoms with van der Waals surface area (Å²) in [5.41, 5.74) is 2.52. The van der Waals surface area contributed by atoms with Crippen molar-refractivity contribution < 1.29 is 9.90 Å². The van der Waals surface area contributed by atoms with Gasteiger partial charge in [-0.1, -0.05) is 25.3 Å². The number of hydrogen-bond acceptors (Lipinski definition) is 2. The van der Waals surface area contributed by atoms with Gasteiger partial charge in [-0.05, 0) is 43.2 Å². The molecule has 0 amide bonds. The molecule has 1 heterocycles. The van der Waals surface area contributed by atoms with Gasteiger partial charge in [0.05, 0.1) is 5.92 Å². The van der Waals surface area contributed by atoms with Crippen molar-refractivity contribution >= 4 is 5.97 Å². The molecule has 1 fully saturated rings. The van der Waals surface area contributed by atoms with Crippen LogP contribution in [0.4, 0.5) is 0 Å². The number of carboxylic acid groups (broad SMARTS) is 1. The molecule has 0 aliphatic heterocycles. The smallest absolute Gasteiger partial charge is 0.306 e. The SMILES string of the molecule is O=C(O)C1CCCCCC1C1CCc2cccnc21. The van der Waals surface area contributed by atoms with Crippen molar-refractivity contribution in [3.8, 4) is 0 Å². The predicted molar refractivity (Wildman–Crippen MR) is 73.0 cm³/mol. The van der Waals surface area contributed by atoms with Crippen LogP contribution in [0, 0.1) is 11.8 Å². The number of pyridine rings is 1. The minimum atomic E-state index is -0.601. The van der Waals surface area contributed by atoms with Crippen molar-refractivity contribution in [3.05, 3.63) is 29.6 Å². The van der Waals surface area contributed by atoms with Crippen LogP contribution in [0.25, 0.3) is 0 Å². The lowest BCUT2D eigenvalue weighted by Crippen LogP contribution is -2.27. The summed E-state index contributed by atoms with van der Waals surface area (Å²) in [5, 5.41) is 9.52. The number of aliphatic carboxylic acids is 1. The molecule has 19 heavy (non-hydrogen) atoms. The van der Waals surface area contributed by atoms with Crippen LogP contribution >= 0.6 is 0 Å². The Morgan fingerprint density at radius 3 is 2.89 bits per heavy atom.